The standard InChI is InChI=1S/C7H16BBrO2/c1-5(2)7(9,6(3)4)11-8-10/h5-6,8,10H,1-4H3. The predicted octanol–water partition coefficient (Wildman–Crippen LogP) is 1.66. The van der Waals surface area contributed by atoms with Crippen molar-refractivity contribution in [2.75, 3.05) is 0 Å². The molecule has 0 bridgehead atoms. The second-order valence-electron chi connectivity index (χ2n) is 3.28. The van der Waals surface area contributed by atoms with E-state index in [9.17, 15) is 0 Å². The lowest BCUT2D eigenvalue weighted by atomic mass is 9.95. The third-order valence-electron chi connectivity index (χ3n) is 1.86. The van der Waals surface area contributed by atoms with Crippen LogP contribution in [-0.4, -0.2) is 17.2 Å². The minimum atomic E-state index is -0.387. The fourth-order valence-electron chi connectivity index (χ4n) is 1.10. The molecule has 0 amide bonds. The van der Waals surface area contributed by atoms with Gasteiger partial charge in [0, 0.05) is 0 Å². The molecular weight excluding hydrogens is 207 g/mol. The SMILES string of the molecule is CC(C)C(Br)(OBO)C(C)C. The van der Waals surface area contributed by atoms with Crippen LogP contribution in [0, 0.1) is 11.8 Å². The molecule has 0 aliphatic carbocycles. The first-order valence-corrected chi connectivity index (χ1v) is 4.68. The van der Waals surface area contributed by atoms with Gasteiger partial charge in [0.25, 0.3) is 0 Å². The molecule has 0 aromatic carbocycles. The van der Waals surface area contributed by atoms with E-state index in [1.54, 1.807) is 0 Å². The summed E-state index contributed by atoms with van der Waals surface area (Å²) in [6, 6.07) is 0. The molecule has 0 heterocycles. The largest absolute Gasteiger partial charge is 0.436 e. The van der Waals surface area contributed by atoms with Crippen molar-refractivity contribution in [3.63, 3.8) is 0 Å². The van der Waals surface area contributed by atoms with Gasteiger partial charge in [-0.1, -0.05) is 43.6 Å². The first-order valence-electron chi connectivity index (χ1n) is 3.88. The van der Waals surface area contributed by atoms with Crippen LogP contribution in [0.25, 0.3) is 0 Å². The first-order chi connectivity index (χ1) is 4.95. The third kappa shape index (κ3) is 2.77. The quantitative estimate of drug-likeness (QED) is 0.580. The van der Waals surface area contributed by atoms with Crippen LogP contribution >= 0.6 is 15.9 Å². The molecule has 0 rings (SSSR count). The maximum absolute atomic E-state index is 8.65. The van der Waals surface area contributed by atoms with Crippen LogP contribution in [-0.2, 0) is 4.65 Å². The number of halogens is 1. The first kappa shape index (κ1) is 11.5. The normalized spacial score (nSPS) is 12.7. The Balaban J connectivity index is 4.26. The van der Waals surface area contributed by atoms with Crippen LogP contribution in [0.15, 0.2) is 0 Å². The van der Waals surface area contributed by atoms with Crippen LogP contribution < -0.4 is 0 Å². The van der Waals surface area contributed by atoms with Gasteiger partial charge in [-0.15, -0.1) is 0 Å². The van der Waals surface area contributed by atoms with E-state index in [2.05, 4.69) is 43.6 Å². The van der Waals surface area contributed by atoms with Crippen molar-refractivity contribution in [3.8, 4) is 0 Å². The zero-order valence-electron chi connectivity index (χ0n) is 7.60. The van der Waals surface area contributed by atoms with Crippen LogP contribution in [0.2, 0.25) is 0 Å². The van der Waals surface area contributed by atoms with Crippen LogP contribution in [0.1, 0.15) is 27.7 Å². The van der Waals surface area contributed by atoms with E-state index in [0.717, 1.165) is 0 Å². The molecule has 0 aromatic rings. The zero-order valence-corrected chi connectivity index (χ0v) is 9.18. The Kier molecular flexibility index (Phi) is 4.67. The minimum Gasteiger partial charge on any atom is -0.430 e. The molecule has 0 fully saturated rings. The van der Waals surface area contributed by atoms with Crippen molar-refractivity contribution in [3.05, 3.63) is 0 Å². The fourth-order valence-corrected chi connectivity index (χ4v) is 1.20. The summed E-state index contributed by atoms with van der Waals surface area (Å²) in [5.74, 6) is 0.685. The molecule has 66 valence electrons. The highest BCUT2D eigenvalue weighted by Gasteiger charge is 2.34. The second-order valence-corrected chi connectivity index (χ2v) is 4.52. The van der Waals surface area contributed by atoms with Crippen molar-refractivity contribution in [1.82, 2.24) is 0 Å². The summed E-state index contributed by atoms with van der Waals surface area (Å²) in [5.41, 5.74) is 0. The molecule has 0 unspecified atom stereocenters. The van der Waals surface area contributed by atoms with Gasteiger partial charge in [-0.25, -0.2) is 0 Å². The number of alkyl halides is 1. The van der Waals surface area contributed by atoms with Crippen molar-refractivity contribution >= 4 is 23.6 Å². The van der Waals surface area contributed by atoms with Gasteiger partial charge in [-0.05, 0) is 11.8 Å². The van der Waals surface area contributed by atoms with Gasteiger partial charge in [0.15, 0.2) is 0 Å². The average molecular weight is 223 g/mol. The van der Waals surface area contributed by atoms with E-state index >= 15 is 0 Å². The molecule has 0 atom stereocenters. The molecule has 0 aliphatic rings. The predicted molar refractivity (Wildman–Crippen MR) is 51.8 cm³/mol. The highest BCUT2D eigenvalue weighted by Crippen LogP contribution is 2.35. The van der Waals surface area contributed by atoms with Crippen molar-refractivity contribution < 1.29 is 9.68 Å². The maximum atomic E-state index is 8.65. The Bertz CT molecular complexity index is 109. The lowest BCUT2D eigenvalue weighted by Gasteiger charge is -2.35. The molecule has 0 saturated heterocycles. The van der Waals surface area contributed by atoms with Gasteiger partial charge in [0.05, 0.1) is 0 Å². The molecule has 0 radical (unpaired) electrons. The molecule has 0 spiro atoms. The lowest BCUT2D eigenvalue weighted by molar-refractivity contribution is 0.0653. The van der Waals surface area contributed by atoms with Gasteiger partial charge < -0.3 is 9.68 Å². The summed E-state index contributed by atoms with van der Waals surface area (Å²) >= 11 is 3.49. The highest BCUT2D eigenvalue weighted by molar-refractivity contribution is 9.10. The van der Waals surface area contributed by atoms with E-state index in [4.69, 9.17) is 9.68 Å². The fraction of sp³-hybridized carbons (Fsp3) is 1.00. The average Bonchev–Trinajstić information content (AvgIpc) is 1.87. The monoisotopic (exact) mass is 222 g/mol. The van der Waals surface area contributed by atoms with Gasteiger partial charge in [0.1, 0.15) is 4.51 Å². The van der Waals surface area contributed by atoms with Gasteiger partial charge in [0.2, 0.25) is 0 Å². The molecule has 11 heavy (non-hydrogen) atoms. The zero-order chi connectivity index (χ0) is 9.07. The van der Waals surface area contributed by atoms with E-state index in [-0.39, 0.29) is 12.2 Å². The van der Waals surface area contributed by atoms with Crippen molar-refractivity contribution in [2.24, 2.45) is 11.8 Å². The smallest absolute Gasteiger partial charge is 0.430 e. The number of hydrogen-bond donors (Lipinski definition) is 1. The Labute approximate surface area is 77.8 Å². The molecular formula is C7H16BBrO2. The van der Waals surface area contributed by atoms with Crippen molar-refractivity contribution in [2.45, 2.75) is 32.2 Å². The lowest BCUT2D eigenvalue weighted by Crippen LogP contribution is -2.38. The van der Waals surface area contributed by atoms with Gasteiger partial charge >= 0.3 is 7.69 Å². The van der Waals surface area contributed by atoms with Crippen molar-refractivity contribution in [1.29, 1.82) is 0 Å². The van der Waals surface area contributed by atoms with Gasteiger partial charge in [-0.3, -0.25) is 0 Å². The molecule has 0 aromatic heterocycles. The Morgan fingerprint density at radius 1 is 1.27 bits per heavy atom. The van der Waals surface area contributed by atoms with E-state index < -0.39 is 0 Å². The van der Waals surface area contributed by atoms with E-state index in [1.807, 2.05) is 0 Å². The molecule has 0 aliphatic heterocycles. The van der Waals surface area contributed by atoms with Gasteiger partial charge in [-0.2, -0.15) is 0 Å². The Morgan fingerprint density at radius 3 is 1.73 bits per heavy atom. The second kappa shape index (κ2) is 4.48. The van der Waals surface area contributed by atoms with E-state index in [0.29, 0.717) is 11.8 Å². The summed E-state index contributed by atoms with van der Waals surface area (Å²) in [7, 11) is -0.235. The number of rotatable bonds is 4. The topological polar surface area (TPSA) is 29.5 Å². The van der Waals surface area contributed by atoms with E-state index in [1.165, 1.54) is 0 Å². The maximum Gasteiger partial charge on any atom is 0.436 e. The highest BCUT2D eigenvalue weighted by atomic mass is 79.9. The summed E-state index contributed by atoms with van der Waals surface area (Å²) < 4.78 is 4.84. The summed E-state index contributed by atoms with van der Waals surface area (Å²) in [6.07, 6.45) is 0. The summed E-state index contributed by atoms with van der Waals surface area (Å²) in [5, 5.41) is 8.65. The minimum absolute atomic E-state index is 0.235. The Hall–Kier alpha value is 0.465. The molecule has 1 N–H and O–H groups in total. The molecule has 0 saturated carbocycles. The number of hydrogen-bond acceptors (Lipinski definition) is 2. The summed E-state index contributed by atoms with van der Waals surface area (Å²) in [4.78, 5) is 0. The molecule has 4 heteroatoms. The third-order valence-corrected chi connectivity index (χ3v) is 3.92. The van der Waals surface area contributed by atoms with Crippen LogP contribution in [0.5, 0.6) is 0 Å². The van der Waals surface area contributed by atoms with Crippen LogP contribution in [0.3, 0.4) is 0 Å². The molecule has 2 nitrogen and oxygen atoms in total. The van der Waals surface area contributed by atoms with Crippen LogP contribution in [0.4, 0.5) is 0 Å². The Morgan fingerprint density at radius 2 is 1.64 bits per heavy atom. The summed E-state index contributed by atoms with van der Waals surface area (Å²) in [6.45, 7) is 8.24.